The van der Waals surface area contributed by atoms with Crippen LogP contribution in [0.5, 0.6) is 0 Å². The third-order valence-electron chi connectivity index (χ3n) is 3.15. The van der Waals surface area contributed by atoms with Gasteiger partial charge in [-0.15, -0.1) is 0 Å². The number of aromatic nitrogens is 2. The molecule has 1 fully saturated rings. The Kier molecular flexibility index (Phi) is 4.11. The molecule has 1 aliphatic rings. The van der Waals surface area contributed by atoms with E-state index < -0.39 is 0 Å². The highest BCUT2D eigenvalue weighted by atomic mass is 15.3. The first kappa shape index (κ1) is 12.8. The molecule has 0 bridgehead atoms. The van der Waals surface area contributed by atoms with Crippen molar-refractivity contribution in [2.24, 2.45) is 0 Å². The zero-order chi connectivity index (χ0) is 13.0. The van der Waals surface area contributed by atoms with E-state index in [4.69, 9.17) is 5.26 Å². The molecule has 0 spiro atoms. The van der Waals surface area contributed by atoms with Gasteiger partial charge in [-0.05, 0) is 26.0 Å². The third-order valence-corrected chi connectivity index (χ3v) is 3.15. The fraction of sp³-hybridized carbons (Fsp3) is 0.615. The van der Waals surface area contributed by atoms with Crippen molar-refractivity contribution in [3.05, 3.63) is 17.5 Å². The van der Waals surface area contributed by atoms with Gasteiger partial charge in [0.1, 0.15) is 11.8 Å². The van der Waals surface area contributed by atoms with E-state index in [1.165, 1.54) is 6.42 Å². The van der Waals surface area contributed by atoms with Crippen molar-refractivity contribution in [1.82, 2.24) is 14.9 Å². The number of anilines is 1. The Morgan fingerprint density at radius 3 is 2.61 bits per heavy atom. The van der Waals surface area contributed by atoms with Gasteiger partial charge in [-0.3, -0.25) is 4.90 Å². The molecule has 5 nitrogen and oxygen atoms in total. The number of rotatable bonds is 3. The number of nitriles is 1. The minimum atomic E-state index is 0.452. The number of hydrogen-bond donors (Lipinski definition) is 0. The molecule has 0 unspecified atom stereocenters. The largest absolute Gasteiger partial charge is 0.338 e. The van der Waals surface area contributed by atoms with Crippen LogP contribution in [-0.2, 0) is 0 Å². The van der Waals surface area contributed by atoms with E-state index in [1.54, 1.807) is 6.07 Å². The van der Waals surface area contributed by atoms with E-state index in [0.29, 0.717) is 11.6 Å². The molecule has 0 N–H and O–H groups in total. The van der Waals surface area contributed by atoms with Gasteiger partial charge in [0.2, 0.25) is 5.95 Å². The van der Waals surface area contributed by atoms with Gasteiger partial charge in [0.25, 0.3) is 0 Å². The lowest BCUT2D eigenvalue weighted by molar-refractivity contribution is 0.257. The normalized spacial score (nSPS) is 16.6. The molecule has 1 saturated heterocycles. The lowest BCUT2D eigenvalue weighted by Crippen LogP contribution is -2.47. The van der Waals surface area contributed by atoms with Gasteiger partial charge >= 0.3 is 0 Å². The lowest BCUT2D eigenvalue weighted by atomic mass is 10.3. The lowest BCUT2D eigenvalue weighted by Gasteiger charge is -2.34. The van der Waals surface area contributed by atoms with Crippen LogP contribution in [0.15, 0.2) is 6.07 Å². The van der Waals surface area contributed by atoms with Gasteiger partial charge in [-0.2, -0.15) is 5.26 Å². The Morgan fingerprint density at radius 2 is 2.00 bits per heavy atom. The Hall–Kier alpha value is -1.67. The number of nitrogens with zero attached hydrogens (tertiary/aromatic N) is 5. The Morgan fingerprint density at radius 1 is 1.28 bits per heavy atom. The van der Waals surface area contributed by atoms with E-state index in [2.05, 4.69) is 32.8 Å². The van der Waals surface area contributed by atoms with Crippen LogP contribution in [0.25, 0.3) is 0 Å². The second-order valence-corrected chi connectivity index (χ2v) is 4.64. The van der Waals surface area contributed by atoms with E-state index >= 15 is 0 Å². The quantitative estimate of drug-likeness (QED) is 0.800. The molecule has 0 aromatic carbocycles. The molecule has 0 radical (unpaired) electrons. The topological polar surface area (TPSA) is 56.0 Å². The molecule has 2 rings (SSSR count). The van der Waals surface area contributed by atoms with Gasteiger partial charge in [0.05, 0.1) is 0 Å². The summed E-state index contributed by atoms with van der Waals surface area (Å²) in [6, 6.07) is 3.81. The summed E-state index contributed by atoms with van der Waals surface area (Å²) < 4.78 is 0. The maximum atomic E-state index is 8.93. The van der Waals surface area contributed by atoms with Crippen LogP contribution in [0.1, 0.15) is 24.7 Å². The number of hydrogen-bond acceptors (Lipinski definition) is 5. The van der Waals surface area contributed by atoms with Crippen LogP contribution in [0, 0.1) is 18.3 Å². The number of piperazine rings is 1. The summed E-state index contributed by atoms with van der Waals surface area (Å²) in [7, 11) is 0. The van der Waals surface area contributed by atoms with Crippen molar-refractivity contribution >= 4 is 5.95 Å². The molecule has 18 heavy (non-hydrogen) atoms. The highest BCUT2D eigenvalue weighted by Gasteiger charge is 2.18. The number of aryl methyl sites for hydroxylation is 1. The van der Waals surface area contributed by atoms with E-state index in [1.807, 2.05) is 6.92 Å². The van der Waals surface area contributed by atoms with Crippen LogP contribution >= 0.6 is 0 Å². The van der Waals surface area contributed by atoms with Crippen LogP contribution in [0.3, 0.4) is 0 Å². The molecule has 1 aliphatic heterocycles. The zero-order valence-corrected chi connectivity index (χ0v) is 11.1. The minimum absolute atomic E-state index is 0.452. The highest BCUT2D eigenvalue weighted by Crippen LogP contribution is 2.13. The molecule has 1 aromatic heterocycles. The van der Waals surface area contributed by atoms with E-state index in [0.717, 1.165) is 38.4 Å². The van der Waals surface area contributed by atoms with Crippen molar-refractivity contribution in [3.8, 4) is 6.07 Å². The molecule has 5 heteroatoms. The monoisotopic (exact) mass is 245 g/mol. The van der Waals surface area contributed by atoms with Crippen molar-refractivity contribution < 1.29 is 0 Å². The van der Waals surface area contributed by atoms with Crippen molar-refractivity contribution in [2.45, 2.75) is 20.3 Å². The standard InChI is InChI=1S/C13H19N5/c1-3-4-17-5-7-18(8-6-17)13-15-11(2)9-12(10-14)16-13/h9H,3-8H2,1-2H3. The highest BCUT2D eigenvalue weighted by molar-refractivity contribution is 5.36. The summed E-state index contributed by atoms with van der Waals surface area (Å²) in [6.45, 7) is 9.24. The zero-order valence-electron chi connectivity index (χ0n) is 11.1. The van der Waals surface area contributed by atoms with Crippen LogP contribution in [0.2, 0.25) is 0 Å². The maximum Gasteiger partial charge on any atom is 0.226 e. The fourth-order valence-corrected chi connectivity index (χ4v) is 2.24. The summed E-state index contributed by atoms with van der Waals surface area (Å²) >= 11 is 0. The first-order chi connectivity index (χ1) is 8.72. The van der Waals surface area contributed by atoms with Gasteiger partial charge in [0.15, 0.2) is 0 Å². The summed E-state index contributed by atoms with van der Waals surface area (Å²) in [5, 5.41) is 8.93. The summed E-state index contributed by atoms with van der Waals surface area (Å²) in [6.07, 6.45) is 1.19. The molecule has 0 aliphatic carbocycles. The predicted octanol–water partition coefficient (Wildman–Crippen LogP) is 1.19. The molecule has 0 amide bonds. The first-order valence-corrected chi connectivity index (χ1v) is 6.46. The maximum absolute atomic E-state index is 8.93. The predicted molar refractivity (Wildman–Crippen MR) is 70.4 cm³/mol. The van der Waals surface area contributed by atoms with Crippen LogP contribution in [0.4, 0.5) is 5.95 Å². The molecular weight excluding hydrogens is 226 g/mol. The second-order valence-electron chi connectivity index (χ2n) is 4.64. The average Bonchev–Trinajstić information content (AvgIpc) is 2.39. The van der Waals surface area contributed by atoms with Gasteiger partial charge in [-0.1, -0.05) is 6.92 Å². The van der Waals surface area contributed by atoms with Crippen molar-refractivity contribution in [3.63, 3.8) is 0 Å². The SMILES string of the molecule is CCCN1CCN(c2nc(C)cc(C#N)n2)CC1. The summed E-state index contributed by atoms with van der Waals surface area (Å²) in [5.41, 5.74) is 1.31. The minimum Gasteiger partial charge on any atom is -0.338 e. The molecule has 0 saturated carbocycles. The molecule has 2 heterocycles. The van der Waals surface area contributed by atoms with E-state index in [9.17, 15) is 0 Å². The molecular formula is C13H19N5. The fourth-order valence-electron chi connectivity index (χ4n) is 2.24. The smallest absolute Gasteiger partial charge is 0.226 e. The molecule has 0 atom stereocenters. The van der Waals surface area contributed by atoms with Gasteiger partial charge < -0.3 is 4.90 Å². The van der Waals surface area contributed by atoms with E-state index in [-0.39, 0.29) is 0 Å². The van der Waals surface area contributed by atoms with Crippen LogP contribution < -0.4 is 4.90 Å². The Balaban J connectivity index is 2.05. The second kappa shape index (κ2) is 5.78. The summed E-state index contributed by atoms with van der Waals surface area (Å²) in [5.74, 6) is 0.697. The third kappa shape index (κ3) is 2.96. The average molecular weight is 245 g/mol. The molecule has 1 aromatic rings. The Bertz CT molecular complexity index is 443. The molecule has 96 valence electrons. The van der Waals surface area contributed by atoms with Crippen LogP contribution in [-0.4, -0.2) is 47.6 Å². The van der Waals surface area contributed by atoms with Crippen molar-refractivity contribution in [2.75, 3.05) is 37.6 Å². The van der Waals surface area contributed by atoms with Gasteiger partial charge in [0, 0.05) is 31.9 Å². The first-order valence-electron chi connectivity index (χ1n) is 6.46. The summed E-state index contributed by atoms with van der Waals surface area (Å²) in [4.78, 5) is 13.3. The Labute approximate surface area is 108 Å². The van der Waals surface area contributed by atoms with Crippen molar-refractivity contribution in [1.29, 1.82) is 5.26 Å². The van der Waals surface area contributed by atoms with Gasteiger partial charge in [-0.25, -0.2) is 9.97 Å².